The van der Waals surface area contributed by atoms with Gasteiger partial charge in [0.15, 0.2) is 0 Å². The number of amides is 1. The Morgan fingerprint density at radius 1 is 1.38 bits per heavy atom. The number of rotatable bonds is 1. The molecule has 3 heterocycles. The predicted molar refractivity (Wildman–Crippen MR) is 85.4 cm³/mol. The van der Waals surface area contributed by atoms with Crippen LogP contribution in [-0.4, -0.2) is 54.5 Å². The second-order valence-corrected chi connectivity index (χ2v) is 6.55. The monoisotopic (exact) mass is 303 g/mol. The van der Waals surface area contributed by atoms with Crippen LogP contribution in [-0.2, 0) is 0 Å². The summed E-state index contributed by atoms with van der Waals surface area (Å²) in [4.78, 5) is 18.1. The Kier molecular flexibility index (Phi) is 4.59. The van der Waals surface area contributed by atoms with Crippen LogP contribution in [0.5, 0.6) is 0 Å². The summed E-state index contributed by atoms with van der Waals surface area (Å²) in [5.74, 6) is 5.97. The van der Waals surface area contributed by atoms with E-state index in [9.17, 15) is 4.79 Å². The molecule has 0 bridgehead atoms. The van der Waals surface area contributed by atoms with Crippen LogP contribution in [0.2, 0.25) is 0 Å². The van der Waals surface area contributed by atoms with Gasteiger partial charge < -0.3 is 10.6 Å². The topological polar surface area (TPSA) is 49.6 Å². The van der Waals surface area contributed by atoms with Gasteiger partial charge in [-0.2, -0.15) is 0 Å². The van der Waals surface area contributed by atoms with E-state index in [-0.39, 0.29) is 5.91 Å². The van der Waals surface area contributed by atoms with Crippen molar-refractivity contribution in [3.05, 3.63) is 21.9 Å². The highest BCUT2D eigenvalue weighted by atomic mass is 32.1. The van der Waals surface area contributed by atoms with Crippen molar-refractivity contribution in [2.45, 2.75) is 25.3 Å². The zero-order chi connectivity index (χ0) is 14.7. The van der Waals surface area contributed by atoms with Gasteiger partial charge in [-0.25, -0.2) is 0 Å². The Morgan fingerprint density at radius 3 is 3.14 bits per heavy atom. The van der Waals surface area contributed by atoms with Crippen molar-refractivity contribution in [1.29, 1.82) is 0 Å². The fraction of sp³-hybridized carbons (Fsp3) is 0.562. The van der Waals surface area contributed by atoms with Crippen molar-refractivity contribution >= 4 is 17.2 Å². The molecule has 2 aliphatic rings. The van der Waals surface area contributed by atoms with Gasteiger partial charge >= 0.3 is 0 Å². The maximum Gasteiger partial charge on any atom is 0.254 e. The van der Waals surface area contributed by atoms with Crippen molar-refractivity contribution in [3.63, 3.8) is 0 Å². The molecule has 4 nitrogen and oxygen atoms in total. The van der Waals surface area contributed by atoms with Crippen LogP contribution in [0.4, 0.5) is 0 Å². The third-order valence-corrected chi connectivity index (χ3v) is 5.13. The van der Waals surface area contributed by atoms with E-state index < -0.39 is 0 Å². The molecule has 1 aromatic heterocycles. The number of hydrogen-bond acceptors (Lipinski definition) is 4. The van der Waals surface area contributed by atoms with E-state index >= 15 is 0 Å². The van der Waals surface area contributed by atoms with E-state index in [1.807, 2.05) is 16.3 Å². The molecule has 112 valence electrons. The van der Waals surface area contributed by atoms with Gasteiger partial charge in [0.25, 0.3) is 5.91 Å². The van der Waals surface area contributed by atoms with Gasteiger partial charge in [0.1, 0.15) is 0 Å². The first-order valence-electron chi connectivity index (χ1n) is 7.58. The quantitative estimate of drug-likeness (QED) is 0.797. The Hall–Kier alpha value is -1.35. The van der Waals surface area contributed by atoms with E-state index in [1.165, 1.54) is 37.1 Å². The van der Waals surface area contributed by atoms with E-state index in [2.05, 4.69) is 16.7 Å². The Labute approximate surface area is 129 Å². The molecule has 1 amide bonds. The minimum absolute atomic E-state index is 0.150. The lowest BCUT2D eigenvalue weighted by Gasteiger charge is -2.44. The Morgan fingerprint density at radius 2 is 2.29 bits per heavy atom. The summed E-state index contributed by atoms with van der Waals surface area (Å²) in [5.41, 5.74) is 6.14. The molecule has 1 unspecified atom stereocenters. The predicted octanol–water partition coefficient (Wildman–Crippen LogP) is 1.37. The van der Waals surface area contributed by atoms with Gasteiger partial charge in [0.05, 0.1) is 17.0 Å². The van der Waals surface area contributed by atoms with Gasteiger partial charge in [-0.1, -0.05) is 18.3 Å². The van der Waals surface area contributed by atoms with Gasteiger partial charge in [0, 0.05) is 31.1 Å². The fourth-order valence-corrected chi connectivity index (χ4v) is 3.92. The van der Waals surface area contributed by atoms with Crippen molar-refractivity contribution < 1.29 is 4.79 Å². The van der Waals surface area contributed by atoms with Gasteiger partial charge in [-0.05, 0) is 25.5 Å². The summed E-state index contributed by atoms with van der Waals surface area (Å²) in [5, 5.41) is 1.91. The van der Waals surface area contributed by atoms with Gasteiger partial charge in [0.2, 0.25) is 0 Å². The number of carbonyl (C=O) groups excluding carboxylic acids is 1. The van der Waals surface area contributed by atoms with Crippen molar-refractivity contribution in [2.75, 3.05) is 32.7 Å². The summed E-state index contributed by atoms with van der Waals surface area (Å²) in [6.07, 6.45) is 3.82. The number of piperidine rings is 1. The Bertz CT molecular complexity index is 572. The molecule has 2 aliphatic heterocycles. The lowest BCUT2D eigenvalue weighted by atomic mass is 9.99. The lowest BCUT2D eigenvalue weighted by Crippen LogP contribution is -2.56. The van der Waals surface area contributed by atoms with E-state index in [1.54, 1.807) is 0 Å². The van der Waals surface area contributed by atoms with Crippen LogP contribution in [0.1, 0.15) is 34.5 Å². The molecular formula is C16H21N3OS. The zero-order valence-electron chi connectivity index (χ0n) is 12.2. The minimum Gasteiger partial charge on any atom is -0.336 e. The molecule has 2 fully saturated rings. The standard InChI is InChI=1S/C16H21N3OS/c17-6-3-5-15-10-13(12-21-15)16(20)19-9-8-18-7-2-1-4-14(18)11-19/h10,12,14H,1-2,4,6-9,11,17H2. The second-order valence-electron chi connectivity index (χ2n) is 5.64. The van der Waals surface area contributed by atoms with Crippen LogP contribution >= 0.6 is 11.3 Å². The highest BCUT2D eigenvalue weighted by molar-refractivity contribution is 7.10. The molecule has 3 rings (SSSR count). The van der Waals surface area contributed by atoms with Crippen molar-refractivity contribution in [2.24, 2.45) is 5.73 Å². The lowest BCUT2D eigenvalue weighted by molar-refractivity contribution is 0.0373. The molecule has 0 aliphatic carbocycles. The fourth-order valence-electron chi connectivity index (χ4n) is 3.18. The number of nitrogens with two attached hydrogens (primary N) is 1. The van der Waals surface area contributed by atoms with Crippen molar-refractivity contribution in [1.82, 2.24) is 9.80 Å². The summed E-state index contributed by atoms with van der Waals surface area (Å²) in [6, 6.07) is 2.45. The van der Waals surface area contributed by atoms with E-state index in [0.29, 0.717) is 12.6 Å². The zero-order valence-corrected chi connectivity index (χ0v) is 13.0. The van der Waals surface area contributed by atoms with E-state index in [4.69, 9.17) is 5.73 Å². The number of fused-ring (bicyclic) bond motifs is 1. The first kappa shape index (κ1) is 14.6. The first-order valence-corrected chi connectivity index (χ1v) is 8.46. The van der Waals surface area contributed by atoms with Crippen LogP contribution < -0.4 is 5.73 Å². The molecule has 2 saturated heterocycles. The Balaban J connectivity index is 1.66. The largest absolute Gasteiger partial charge is 0.336 e. The highest BCUT2D eigenvalue weighted by Crippen LogP contribution is 2.23. The smallest absolute Gasteiger partial charge is 0.254 e. The summed E-state index contributed by atoms with van der Waals surface area (Å²) in [7, 11) is 0. The second kappa shape index (κ2) is 6.61. The molecule has 1 atom stereocenters. The molecule has 21 heavy (non-hydrogen) atoms. The number of nitrogens with zero attached hydrogens (tertiary/aromatic N) is 2. The molecule has 2 N–H and O–H groups in total. The van der Waals surface area contributed by atoms with Crippen LogP contribution in [0, 0.1) is 11.8 Å². The SMILES string of the molecule is NCC#Cc1cc(C(=O)N2CCN3CCCCC3C2)cs1. The average Bonchev–Trinajstić information content (AvgIpc) is 3.00. The molecule has 0 aromatic carbocycles. The highest BCUT2D eigenvalue weighted by Gasteiger charge is 2.31. The number of piperazine rings is 1. The summed E-state index contributed by atoms with van der Waals surface area (Å²) < 4.78 is 0. The third kappa shape index (κ3) is 3.29. The first-order chi connectivity index (χ1) is 10.3. The third-order valence-electron chi connectivity index (χ3n) is 4.28. The molecular weight excluding hydrogens is 282 g/mol. The molecule has 0 radical (unpaired) electrons. The number of thiophene rings is 1. The molecule has 0 spiro atoms. The van der Waals surface area contributed by atoms with Gasteiger partial charge in [-0.15, -0.1) is 11.3 Å². The maximum atomic E-state index is 12.6. The minimum atomic E-state index is 0.150. The average molecular weight is 303 g/mol. The molecule has 1 aromatic rings. The summed E-state index contributed by atoms with van der Waals surface area (Å²) in [6.45, 7) is 4.28. The van der Waals surface area contributed by atoms with Gasteiger partial charge in [-0.3, -0.25) is 9.69 Å². The normalized spacial score (nSPS) is 22.3. The number of hydrogen-bond donors (Lipinski definition) is 1. The number of carbonyl (C=O) groups is 1. The van der Waals surface area contributed by atoms with Crippen LogP contribution in [0.3, 0.4) is 0 Å². The maximum absolute atomic E-state index is 12.6. The summed E-state index contributed by atoms with van der Waals surface area (Å²) >= 11 is 1.52. The van der Waals surface area contributed by atoms with Crippen molar-refractivity contribution in [3.8, 4) is 11.8 Å². The molecule has 5 heteroatoms. The molecule has 0 saturated carbocycles. The van der Waals surface area contributed by atoms with E-state index in [0.717, 1.165) is 30.1 Å². The van der Waals surface area contributed by atoms with Crippen LogP contribution in [0.25, 0.3) is 0 Å². The van der Waals surface area contributed by atoms with Crippen LogP contribution in [0.15, 0.2) is 11.4 Å².